The van der Waals surface area contributed by atoms with E-state index in [-0.39, 0.29) is 30.9 Å². The number of carbonyl (C=O) groups excluding carboxylic acids is 1. The Bertz CT molecular complexity index is 572. The maximum Gasteiger partial charge on any atom is 0.313 e. The number of carbonyl (C=O) groups is 2. The quantitative estimate of drug-likeness (QED) is 0.832. The highest BCUT2D eigenvalue weighted by Crippen LogP contribution is 2.33. The molecule has 2 atom stereocenters. The maximum absolute atomic E-state index is 13.0. The number of hydrogen-bond donors (Lipinski definition) is 1. The van der Waals surface area contributed by atoms with Crippen molar-refractivity contribution in [3.63, 3.8) is 0 Å². The van der Waals surface area contributed by atoms with Crippen LogP contribution >= 0.6 is 0 Å². The molecule has 1 amide bonds. The van der Waals surface area contributed by atoms with Crippen molar-refractivity contribution in [2.75, 3.05) is 26.8 Å². The Morgan fingerprint density at radius 1 is 1.29 bits per heavy atom. The van der Waals surface area contributed by atoms with E-state index in [0.717, 1.165) is 5.56 Å². The Balaban J connectivity index is 2.12. The molecule has 2 rings (SSSR count). The molecular weight excluding hydrogens is 306 g/mol. The fourth-order valence-electron chi connectivity index (χ4n) is 3.40. The van der Waals surface area contributed by atoms with E-state index in [2.05, 4.69) is 0 Å². The molecule has 1 aliphatic rings. The van der Waals surface area contributed by atoms with Gasteiger partial charge in [0.25, 0.3) is 0 Å². The number of carboxylic acid groups (broad SMARTS) is 1. The number of likely N-dealkylation sites (tertiary alicyclic amines) is 1. The van der Waals surface area contributed by atoms with Gasteiger partial charge in [-0.1, -0.05) is 44.2 Å². The smallest absolute Gasteiger partial charge is 0.313 e. The number of benzene rings is 1. The first-order valence-corrected chi connectivity index (χ1v) is 8.44. The van der Waals surface area contributed by atoms with Crippen LogP contribution in [-0.2, 0) is 20.7 Å². The van der Waals surface area contributed by atoms with E-state index in [1.54, 1.807) is 4.90 Å². The van der Waals surface area contributed by atoms with Crippen LogP contribution in [0, 0.1) is 17.3 Å². The standard InChI is InChI=1S/C19H27NO4/c1-14(2)16(11-15-7-5-4-6-8-15)17(21)20-10-9-19(12-20,13-24-3)18(22)23/h4-8,14,16H,9-13H2,1-3H3,(H,22,23). The highest BCUT2D eigenvalue weighted by Gasteiger charge is 2.47. The Morgan fingerprint density at radius 3 is 2.50 bits per heavy atom. The summed E-state index contributed by atoms with van der Waals surface area (Å²) in [5.41, 5.74) is 0.156. The molecule has 2 unspecified atom stereocenters. The van der Waals surface area contributed by atoms with Crippen LogP contribution in [-0.4, -0.2) is 48.7 Å². The Labute approximate surface area is 143 Å². The molecule has 1 saturated heterocycles. The summed E-state index contributed by atoms with van der Waals surface area (Å²) in [6.07, 6.45) is 1.12. The lowest BCUT2D eigenvalue weighted by Crippen LogP contribution is -2.43. The van der Waals surface area contributed by atoms with Gasteiger partial charge < -0.3 is 14.7 Å². The Kier molecular flexibility index (Phi) is 5.99. The summed E-state index contributed by atoms with van der Waals surface area (Å²) in [4.78, 5) is 26.4. The molecule has 0 aromatic heterocycles. The molecule has 1 aliphatic heterocycles. The first-order chi connectivity index (χ1) is 11.4. The van der Waals surface area contributed by atoms with Crippen molar-refractivity contribution in [2.24, 2.45) is 17.3 Å². The van der Waals surface area contributed by atoms with Gasteiger partial charge >= 0.3 is 5.97 Å². The molecule has 1 aromatic carbocycles. The lowest BCUT2D eigenvalue weighted by molar-refractivity contribution is -0.152. The number of methoxy groups -OCH3 is 1. The third-order valence-corrected chi connectivity index (χ3v) is 4.96. The van der Waals surface area contributed by atoms with E-state index in [9.17, 15) is 14.7 Å². The molecule has 0 aliphatic carbocycles. The maximum atomic E-state index is 13.0. The number of carboxylic acids is 1. The average Bonchev–Trinajstić information content (AvgIpc) is 2.99. The van der Waals surface area contributed by atoms with E-state index in [1.807, 2.05) is 44.2 Å². The first kappa shape index (κ1) is 18.5. The molecular formula is C19H27NO4. The number of ether oxygens (including phenoxy) is 1. The predicted molar refractivity (Wildman–Crippen MR) is 91.6 cm³/mol. The van der Waals surface area contributed by atoms with Crippen molar-refractivity contribution in [2.45, 2.75) is 26.7 Å². The van der Waals surface area contributed by atoms with Crippen LogP contribution in [0.15, 0.2) is 30.3 Å². The molecule has 0 saturated carbocycles. The van der Waals surface area contributed by atoms with E-state index < -0.39 is 11.4 Å². The molecule has 5 heteroatoms. The summed E-state index contributed by atoms with van der Waals surface area (Å²) < 4.78 is 5.10. The Hall–Kier alpha value is -1.88. The summed E-state index contributed by atoms with van der Waals surface area (Å²) in [7, 11) is 1.50. The van der Waals surface area contributed by atoms with Crippen LogP contribution in [0.1, 0.15) is 25.8 Å². The molecule has 24 heavy (non-hydrogen) atoms. The zero-order valence-corrected chi connectivity index (χ0v) is 14.7. The summed E-state index contributed by atoms with van der Waals surface area (Å²) in [5.74, 6) is -0.781. The van der Waals surface area contributed by atoms with Gasteiger partial charge in [0, 0.05) is 26.1 Å². The first-order valence-electron chi connectivity index (χ1n) is 8.44. The van der Waals surface area contributed by atoms with Crippen LogP contribution in [0.25, 0.3) is 0 Å². The van der Waals surface area contributed by atoms with E-state index in [0.29, 0.717) is 19.4 Å². The van der Waals surface area contributed by atoms with Crippen LogP contribution in [0.2, 0.25) is 0 Å². The van der Waals surface area contributed by atoms with Crippen molar-refractivity contribution in [3.05, 3.63) is 35.9 Å². The van der Waals surface area contributed by atoms with E-state index in [4.69, 9.17) is 4.74 Å². The van der Waals surface area contributed by atoms with Crippen molar-refractivity contribution in [3.8, 4) is 0 Å². The fraction of sp³-hybridized carbons (Fsp3) is 0.579. The normalized spacial score (nSPS) is 21.9. The topological polar surface area (TPSA) is 66.8 Å². The summed E-state index contributed by atoms with van der Waals surface area (Å²) in [6, 6.07) is 9.96. The van der Waals surface area contributed by atoms with Gasteiger partial charge in [-0.15, -0.1) is 0 Å². The van der Waals surface area contributed by atoms with Gasteiger partial charge in [0.2, 0.25) is 5.91 Å². The molecule has 132 valence electrons. The van der Waals surface area contributed by atoms with Crippen molar-refractivity contribution in [1.29, 1.82) is 0 Å². The van der Waals surface area contributed by atoms with Gasteiger partial charge in [0.15, 0.2) is 0 Å². The fourth-order valence-corrected chi connectivity index (χ4v) is 3.40. The molecule has 0 bridgehead atoms. The van der Waals surface area contributed by atoms with Crippen molar-refractivity contribution < 1.29 is 19.4 Å². The van der Waals surface area contributed by atoms with E-state index >= 15 is 0 Å². The van der Waals surface area contributed by atoms with Crippen LogP contribution in [0.5, 0.6) is 0 Å². The second-order valence-corrected chi connectivity index (χ2v) is 7.07. The monoisotopic (exact) mass is 333 g/mol. The summed E-state index contributed by atoms with van der Waals surface area (Å²) >= 11 is 0. The largest absolute Gasteiger partial charge is 0.481 e. The molecule has 0 spiro atoms. The van der Waals surface area contributed by atoms with Crippen LogP contribution in [0.4, 0.5) is 0 Å². The van der Waals surface area contributed by atoms with Gasteiger partial charge in [-0.2, -0.15) is 0 Å². The number of amides is 1. The van der Waals surface area contributed by atoms with Gasteiger partial charge in [0.1, 0.15) is 5.41 Å². The van der Waals surface area contributed by atoms with Gasteiger partial charge in [-0.05, 0) is 24.3 Å². The molecule has 1 aromatic rings. The Morgan fingerprint density at radius 2 is 1.96 bits per heavy atom. The molecule has 1 N–H and O–H groups in total. The van der Waals surface area contributed by atoms with Gasteiger partial charge in [-0.25, -0.2) is 0 Å². The lowest BCUT2D eigenvalue weighted by Gasteiger charge is -2.28. The zero-order chi connectivity index (χ0) is 17.7. The third kappa shape index (κ3) is 3.96. The minimum absolute atomic E-state index is 0.0491. The number of nitrogens with zero attached hydrogens (tertiary/aromatic N) is 1. The van der Waals surface area contributed by atoms with Crippen molar-refractivity contribution in [1.82, 2.24) is 4.90 Å². The van der Waals surface area contributed by atoms with Crippen molar-refractivity contribution >= 4 is 11.9 Å². The molecule has 0 radical (unpaired) electrons. The minimum Gasteiger partial charge on any atom is -0.481 e. The molecule has 1 fully saturated rings. The minimum atomic E-state index is -0.974. The number of rotatable bonds is 7. The SMILES string of the molecule is COCC1(C(=O)O)CCN(C(=O)C(Cc2ccccc2)C(C)C)C1. The predicted octanol–water partition coefficient (Wildman–Crippen LogP) is 2.45. The highest BCUT2D eigenvalue weighted by atomic mass is 16.5. The highest BCUT2D eigenvalue weighted by molar-refractivity contribution is 5.82. The summed E-state index contributed by atoms with van der Waals surface area (Å²) in [5, 5.41) is 9.56. The zero-order valence-electron chi connectivity index (χ0n) is 14.7. The lowest BCUT2D eigenvalue weighted by atomic mass is 9.87. The summed E-state index contributed by atoms with van der Waals surface area (Å²) in [6.45, 7) is 4.93. The third-order valence-electron chi connectivity index (χ3n) is 4.96. The second-order valence-electron chi connectivity index (χ2n) is 7.07. The average molecular weight is 333 g/mol. The van der Waals surface area contributed by atoms with E-state index in [1.165, 1.54) is 7.11 Å². The number of aliphatic carboxylic acids is 1. The van der Waals surface area contributed by atoms with Crippen LogP contribution in [0.3, 0.4) is 0 Å². The molecule has 5 nitrogen and oxygen atoms in total. The second kappa shape index (κ2) is 7.79. The van der Waals surface area contributed by atoms with Crippen LogP contribution < -0.4 is 0 Å². The van der Waals surface area contributed by atoms with Gasteiger partial charge in [-0.3, -0.25) is 9.59 Å². The van der Waals surface area contributed by atoms with Gasteiger partial charge in [0.05, 0.1) is 6.61 Å². The number of hydrogen-bond acceptors (Lipinski definition) is 3. The molecule has 1 heterocycles.